The predicted octanol–water partition coefficient (Wildman–Crippen LogP) is 4.44. The summed E-state index contributed by atoms with van der Waals surface area (Å²) in [5.74, 6) is 0.161. The molecule has 0 aliphatic heterocycles. The van der Waals surface area contributed by atoms with Gasteiger partial charge in [0.15, 0.2) is 5.69 Å². The zero-order valence-electron chi connectivity index (χ0n) is 13.6. The van der Waals surface area contributed by atoms with Crippen molar-refractivity contribution in [1.82, 2.24) is 19.6 Å². The standard InChI is InChI=1S/C17H15BrF3N5/c18-12-4-1-3-11(7-12)16(5-2-6-16)9-22-14-8-13(17(19,20)21)25-15-23-10-24-26(14)15/h1,3-4,7-8,10,22H,2,5-6,9H2. The molecule has 9 heteroatoms. The Morgan fingerprint density at radius 3 is 2.69 bits per heavy atom. The van der Waals surface area contributed by atoms with E-state index in [0.29, 0.717) is 6.54 Å². The van der Waals surface area contributed by atoms with Crippen molar-refractivity contribution in [1.29, 1.82) is 0 Å². The molecular weight excluding hydrogens is 411 g/mol. The molecule has 1 aromatic carbocycles. The Balaban J connectivity index is 1.66. The van der Waals surface area contributed by atoms with Crippen molar-refractivity contribution in [3.8, 4) is 0 Å². The molecule has 1 aliphatic carbocycles. The number of anilines is 1. The fraction of sp³-hybridized carbons (Fsp3) is 0.353. The molecule has 0 radical (unpaired) electrons. The monoisotopic (exact) mass is 425 g/mol. The first kappa shape index (κ1) is 17.3. The second-order valence-electron chi connectivity index (χ2n) is 6.49. The Hall–Kier alpha value is -2.16. The van der Waals surface area contributed by atoms with Crippen LogP contribution < -0.4 is 5.32 Å². The van der Waals surface area contributed by atoms with Crippen molar-refractivity contribution >= 4 is 27.5 Å². The number of hydrogen-bond acceptors (Lipinski definition) is 4. The Morgan fingerprint density at radius 2 is 2.04 bits per heavy atom. The van der Waals surface area contributed by atoms with Crippen LogP contribution in [0.4, 0.5) is 19.0 Å². The van der Waals surface area contributed by atoms with E-state index in [-0.39, 0.29) is 17.0 Å². The van der Waals surface area contributed by atoms with Crippen LogP contribution in [0.1, 0.15) is 30.5 Å². The molecule has 2 aromatic heterocycles. The molecule has 1 N–H and O–H groups in total. The third kappa shape index (κ3) is 3.04. The summed E-state index contributed by atoms with van der Waals surface area (Å²) in [4.78, 5) is 7.33. The highest BCUT2D eigenvalue weighted by Gasteiger charge is 2.39. The highest BCUT2D eigenvalue weighted by atomic mass is 79.9. The minimum atomic E-state index is -4.54. The number of hydrogen-bond donors (Lipinski definition) is 1. The van der Waals surface area contributed by atoms with E-state index < -0.39 is 11.9 Å². The lowest BCUT2D eigenvalue weighted by Gasteiger charge is -2.43. The Labute approximate surface area is 155 Å². The van der Waals surface area contributed by atoms with E-state index in [9.17, 15) is 13.2 Å². The molecule has 0 bridgehead atoms. The number of aromatic nitrogens is 4. The normalized spacial score (nSPS) is 16.5. The fourth-order valence-corrected chi connectivity index (χ4v) is 3.73. The third-order valence-electron chi connectivity index (χ3n) is 4.90. The summed E-state index contributed by atoms with van der Waals surface area (Å²) in [5.41, 5.74) is 0.0920. The summed E-state index contributed by atoms with van der Waals surface area (Å²) in [5, 5.41) is 7.13. The Morgan fingerprint density at radius 1 is 1.23 bits per heavy atom. The summed E-state index contributed by atoms with van der Waals surface area (Å²) >= 11 is 3.49. The van der Waals surface area contributed by atoms with Gasteiger partial charge in [-0.05, 0) is 30.5 Å². The minimum absolute atomic E-state index is 0.0764. The van der Waals surface area contributed by atoms with Crippen LogP contribution in [0.25, 0.3) is 5.78 Å². The number of nitrogens with zero attached hydrogens (tertiary/aromatic N) is 4. The summed E-state index contributed by atoms with van der Waals surface area (Å²) in [6, 6.07) is 9.04. The first-order chi connectivity index (χ1) is 12.4. The number of nitrogens with one attached hydrogen (secondary N) is 1. The molecule has 0 spiro atoms. The Bertz CT molecular complexity index is 949. The highest BCUT2D eigenvalue weighted by molar-refractivity contribution is 9.10. The first-order valence-electron chi connectivity index (χ1n) is 8.15. The quantitative estimate of drug-likeness (QED) is 0.671. The zero-order chi connectivity index (χ0) is 18.4. The lowest BCUT2D eigenvalue weighted by molar-refractivity contribution is -0.141. The number of halogens is 4. The van der Waals surface area contributed by atoms with Gasteiger partial charge in [0, 0.05) is 22.5 Å². The average molecular weight is 426 g/mol. The van der Waals surface area contributed by atoms with Crippen LogP contribution in [0.15, 0.2) is 41.1 Å². The molecule has 0 unspecified atom stereocenters. The molecule has 26 heavy (non-hydrogen) atoms. The van der Waals surface area contributed by atoms with Crippen molar-refractivity contribution in [3.63, 3.8) is 0 Å². The van der Waals surface area contributed by atoms with E-state index >= 15 is 0 Å². The van der Waals surface area contributed by atoms with Gasteiger partial charge in [-0.25, -0.2) is 4.98 Å². The fourth-order valence-electron chi connectivity index (χ4n) is 3.33. The Kier molecular flexibility index (Phi) is 4.13. The van der Waals surface area contributed by atoms with Gasteiger partial charge in [0.1, 0.15) is 12.1 Å². The van der Waals surface area contributed by atoms with Crippen LogP contribution in [0.2, 0.25) is 0 Å². The highest BCUT2D eigenvalue weighted by Crippen LogP contribution is 2.44. The van der Waals surface area contributed by atoms with Gasteiger partial charge < -0.3 is 5.32 Å². The maximum Gasteiger partial charge on any atom is 0.433 e. The molecule has 2 heterocycles. The van der Waals surface area contributed by atoms with Gasteiger partial charge in [0.05, 0.1) is 0 Å². The van der Waals surface area contributed by atoms with Crippen LogP contribution in [-0.2, 0) is 11.6 Å². The van der Waals surface area contributed by atoms with Gasteiger partial charge >= 0.3 is 6.18 Å². The van der Waals surface area contributed by atoms with Gasteiger partial charge in [-0.15, -0.1) is 0 Å². The van der Waals surface area contributed by atoms with Gasteiger partial charge in [-0.1, -0.05) is 34.5 Å². The van der Waals surface area contributed by atoms with Crippen LogP contribution in [0.3, 0.4) is 0 Å². The van der Waals surface area contributed by atoms with Crippen LogP contribution in [-0.4, -0.2) is 26.1 Å². The largest absolute Gasteiger partial charge is 0.433 e. The van der Waals surface area contributed by atoms with E-state index in [1.165, 1.54) is 16.4 Å². The smallest absolute Gasteiger partial charge is 0.369 e. The first-order valence-corrected chi connectivity index (χ1v) is 8.95. The molecule has 0 atom stereocenters. The molecule has 3 aromatic rings. The lowest BCUT2D eigenvalue weighted by Crippen LogP contribution is -2.41. The van der Waals surface area contributed by atoms with E-state index in [1.807, 2.05) is 12.1 Å². The number of alkyl halides is 3. The zero-order valence-corrected chi connectivity index (χ0v) is 15.2. The van der Waals surface area contributed by atoms with E-state index in [4.69, 9.17) is 0 Å². The summed E-state index contributed by atoms with van der Waals surface area (Å²) in [6.45, 7) is 0.514. The van der Waals surface area contributed by atoms with Crippen molar-refractivity contribution in [3.05, 3.63) is 52.4 Å². The molecule has 1 saturated carbocycles. The molecule has 0 saturated heterocycles. The van der Waals surface area contributed by atoms with Crippen LogP contribution >= 0.6 is 15.9 Å². The van der Waals surface area contributed by atoms with Crippen LogP contribution in [0.5, 0.6) is 0 Å². The number of rotatable bonds is 4. The molecule has 1 fully saturated rings. The predicted molar refractivity (Wildman–Crippen MR) is 93.9 cm³/mol. The van der Waals surface area contributed by atoms with Gasteiger partial charge in [-0.3, -0.25) is 0 Å². The maximum atomic E-state index is 13.1. The molecule has 1 aliphatic rings. The lowest BCUT2D eigenvalue weighted by atomic mass is 9.64. The van der Waals surface area contributed by atoms with Crippen molar-refractivity contribution in [2.45, 2.75) is 30.9 Å². The van der Waals surface area contributed by atoms with Crippen molar-refractivity contribution in [2.24, 2.45) is 0 Å². The van der Waals surface area contributed by atoms with Crippen molar-refractivity contribution < 1.29 is 13.2 Å². The van der Waals surface area contributed by atoms with Crippen LogP contribution in [0, 0.1) is 0 Å². The van der Waals surface area contributed by atoms with Gasteiger partial charge in [-0.2, -0.15) is 27.8 Å². The average Bonchev–Trinajstić information content (AvgIpc) is 3.01. The minimum Gasteiger partial charge on any atom is -0.369 e. The van der Waals surface area contributed by atoms with Gasteiger partial charge in [0.2, 0.25) is 0 Å². The third-order valence-corrected chi connectivity index (χ3v) is 5.39. The van der Waals surface area contributed by atoms with E-state index in [1.54, 1.807) is 0 Å². The maximum absolute atomic E-state index is 13.1. The van der Waals surface area contributed by atoms with Gasteiger partial charge in [0.25, 0.3) is 5.78 Å². The second kappa shape index (κ2) is 6.22. The van der Waals surface area contributed by atoms with Crippen molar-refractivity contribution in [2.75, 3.05) is 11.9 Å². The SMILES string of the molecule is FC(F)(F)c1cc(NCC2(c3cccc(Br)c3)CCC2)n2ncnc2n1. The van der Waals surface area contributed by atoms with E-state index in [0.717, 1.165) is 29.8 Å². The topological polar surface area (TPSA) is 55.1 Å². The summed E-state index contributed by atoms with van der Waals surface area (Å²) in [7, 11) is 0. The molecule has 5 nitrogen and oxygen atoms in total. The number of fused-ring (bicyclic) bond motifs is 1. The molecular formula is C17H15BrF3N5. The molecule has 4 rings (SSSR count). The summed E-state index contributed by atoms with van der Waals surface area (Å²) < 4.78 is 41.6. The second-order valence-corrected chi connectivity index (χ2v) is 7.41. The molecule has 136 valence electrons. The molecule has 0 amide bonds. The number of benzene rings is 1. The van der Waals surface area contributed by atoms with E-state index in [2.05, 4.69) is 48.4 Å². The summed E-state index contributed by atoms with van der Waals surface area (Å²) in [6.07, 6.45) is -0.289.